The molecule has 0 aromatic heterocycles. The number of nitrogens with zero attached hydrogens (tertiary/aromatic N) is 3. The number of rotatable bonds is 7. The SMILES string of the molecule is CCCC(CN)N1CCN(CCN2CCCC2)CC1. The smallest absolute Gasteiger partial charge is 0.0219 e. The van der Waals surface area contributed by atoms with Crippen molar-refractivity contribution in [3.05, 3.63) is 0 Å². The Hall–Kier alpha value is -0.160. The van der Waals surface area contributed by atoms with Crippen LogP contribution in [0, 0.1) is 0 Å². The first-order chi connectivity index (χ1) is 9.33. The van der Waals surface area contributed by atoms with Crippen LogP contribution in [0.3, 0.4) is 0 Å². The highest BCUT2D eigenvalue weighted by Crippen LogP contribution is 2.11. The summed E-state index contributed by atoms with van der Waals surface area (Å²) in [5, 5.41) is 0. The largest absolute Gasteiger partial charge is 0.329 e. The molecule has 0 radical (unpaired) electrons. The standard InChI is InChI=1S/C15H32N4/c1-2-5-15(14-16)19-12-10-18(11-13-19)9-8-17-6-3-4-7-17/h15H,2-14,16H2,1H3. The minimum atomic E-state index is 0.616. The summed E-state index contributed by atoms with van der Waals surface area (Å²) in [6.07, 6.45) is 5.31. The highest BCUT2D eigenvalue weighted by atomic mass is 15.3. The highest BCUT2D eigenvalue weighted by molar-refractivity contribution is 4.80. The molecule has 0 spiro atoms. The molecule has 1 atom stereocenters. The number of likely N-dealkylation sites (tertiary alicyclic amines) is 1. The summed E-state index contributed by atoms with van der Waals surface area (Å²) < 4.78 is 0. The molecule has 1 unspecified atom stereocenters. The molecule has 2 heterocycles. The summed E-state index contributed by atoms with van der Waals surface area (Å²) in [4.78, 5) is 7.86. The van der Waals surface area contributed by atoms with Crippen LogP contribution in [-0.4, -0.2) is 79.6 Å². The van der Waals surface area contributed by atoms with Gasteiger partial charge in [-0.15, -0.1) is 0 Å². The fraction of sp³-hybridized carbons (Fsp3) is 1.00. The molecule has 2 aliphatic heterocycles. The van der Waals surface area contributed by atoms with E-state index >= 15 is 0 Å². The van der Waals surface area contributed by atoms with Gasteiger partial charge in [-0.1, -0.05) is 13.3 Å². The van der Waals surface area contributed by atoms with Crippen molar-refractivity contribution in [2.75, 3.05) is 58.9 Å². The van der Waals surface area contributed by atoms with Crippen molar-refractivity contribution in [2.24, 2.45) is 5.73 Å². The number of piperazine rings is 1. The molecule has 2 rings (SSSR count). The Morgan fingerprint density at radius 3 is 2.00 bits per heavy atom. The van der Waals surface area contributed by atoms with Crippen molar-refractivity contribution in [1.29, 1.82) is 0 Å². The van der Waals surface area contributed by atoms with E-state index in [0.717, 1.165) is 6.54 Å². The van der Waals surface area contributed by atoms with Gasteiger partial charge in [-0.05, 0) is 32.4 Å². The van der Waals surface area contributed by atoms with Gasteiger partial charge in [-0.2, -0.15) is 0 Å². The van der Waals surface area contributed by atoms with Crippen LogP contribution in [0.1, 0.15) is 32.6 Å². The second kappa shape index (κ2) is 8.20. The summed E-state index contributed by atoms with van der Waals surface area (Å²) in [6.45, 7) is 13.1. The van der Waals surface area contributed by atoms with E-state index in [4.69, 9.17) is 5.73 Å². The monoisotopic (exact) mass is 268 g/mol. The zero-order valence-corrected chi connectivity index (χ0v) is 12.7. The molecule has 4 heteroatoms. The molecule has 0 aromatic rings. The molecule has 0 saturated carbocycles. The van der Waals surface area contributed by atoms with Crippen LogP contribution in [0.25, 0.3) is 0 Å². The molecule has 2 fully saturated rings. The molecule has 0 aromatic carbocycles. The molecule has 0 aliphatic carbocycles. The molecule has 2 aliphatic rings. The Bertz CT molecular complexity index is 232. The highest BCUT2D eigenvalue weighted by Gasteiger charge is 2.22. The van der Waals surface area contributed by atoms with Crippen molar-refractivity contribution < 1.29 is 0 Å². The minimum absolute atomic E-state index is 0.616. The third-order valence-electron chi connectivity index (χ3n) is 4.75. The Balaban J connectivity index is 1.63. The molecule has 0 bridgehead atoms. The first-order valence-electron chi connectivity index (χ1n) is 8.22. The number of hydrogen-bond acceptors (Lipinski definition) is 4. The molecule has 2 N–H and O–H groups in total. The van der Waals surface area contributed by atoms with E-state index in [1.165, 1.54) is 78.0 Å². The van der Waals surface area contributed by atoms with Crippen LogP contribution in [0.15, 0.2) is 0 Å². The Morgan fingerprint density at radius 2 is 1.47 bits per heavy atom. The van der Waals surface area contributed by atoms with E-state index in [9.17, 15) is 0 Å². The van der Waals surface area contributed by atoms with Crippen molar-refractivity contribution in [2.45, 2.75) is 38.6 Å². The van der Waals surface area contributed by atoms with Gasteiger partial charge in [0, 0.05) is 51.9 Å². The van der Waals surface area contributed by atoms with Crippen molar-refractivity contribution >= 4 is 0 Å². The average molecular weight is 268 g/mol. The summed E-state index contributed by atoms with van der Waals surface area (Å²) >= 11 is 0. The topological polar surface area (TPSA) is 35.7 Å². The van der Waals surface area contributed by atoms with Crippen molar-refractivity contribution in [3.63, 3.8) is 0 Å². The predicted molar refractivity (Wildman–Crippen MR) is 81.4 cm³/mol. The van der Waals surface area contributed by atoms with Crippen LogP contribution >= 0.6 is 0 Å². The fourth-order valence-electron chi connectivity index (χ4n) is 3.42. The molecule has 0 amide bonds. The van der Waals surface area contributed by atoms with E-state index in [-0.39, 0.29) is 0 Å². The quantitative estimate of drug-likeness (QED) is 0.742. The lowest BCUT2D eigenvalue weighted by Gasteiger charge is -2.39. The maximum absolute atomic E-state index is 5.90. The van der Waals surface area contributed by atoms with Crippen molar-refractivity contribution in [1.82, 2.24) is 14.7 Å². The zero-order chi connectivity index (χ0) is 13.5. The van der Waals surface area contributed by atoms with Gasteiger partial charge in [0.25, 0.3) is 0 Å². The summed E-state index contributed by atoms with van der Waals surface area (Å²) in [5.74, 6) is 0. The summed E-state index contributed by atoms with van der Waals surface area (Å²) in [5.41, 5.74) is 5.90. The first kappa shape index (κ1) is 15.2. The Morgan fingerprint density at radius 1 is 0.895 bits per heavy atom. The van der Waals surface area contributed by atoms with E-state index in [0.29, 0.717) is 6.04 Å². The van der Waals surface area contributed by atoms with Crippen LogP contribution in [0.5, 0.6) is 0 Å². The first-order valence-corrected chi connectivity index (χ1v) is 8.22. The number of nitrogens with two attached hydrogens (primary N) is 1. The molecule has 4 nitrogen and oxygen atoms in total. The second-order valence-electron chi connectivity index (χ2n) is 6.10. The third-order valence-corrected chi connectivity index (χ3v) is 4.75. The van der Waals surface area contributed by atoms with Crippen LogP contribution in [0.2, 0.25) is 0 Å². The lowest BCUT2D eigenvalue weighted by atomic mass is 10.1. The number of hydrogen-bond donors (Lipinski definition) is 1. The van der Waals surface area contributed by atoms with Crippen LogP contribution in [0.4, 0.5) is 0 Å². The van der Waals surface area contributed by atoms with Crippen LogP contribution < -0.4 is 5.73 Å². The van der Waals surface area contributed by atoms with Gasteiger partial charge >= 0.3 is 0 Å². The van der Waals surface area contributed by atoms with Gasteiger partial charge < -0.3 is 10.6 Å². The molecule has 2 saturated heterocycles. The lowest BCUT2D eigenvalue weighted by Crippen LogP contribution is -2.53. The third kappa shape index (κ3) is 4.71. The summed E-state index contributed by atoms with van der Waals surface area (Å²) in [7, 11) is 0. The van der Waals surface area contributed by atoms with E-state index < -0.39 is 0 Å². The Kier molecular flexibility index (Phi) is 6.57. The lowest BCUT2D eigenvalue weighted by molar-refractivity contribution is 0.0887. The van der Waals surface area contributed by atoms with Crippen molar-refractivity contribution in [3.8, 4) is 0 Å². The predicted octanol–water partition coefficient (Wildman–Crippen LogP) is 0.827. The summed E-state index contributed by atoms with van der Waals surface area (Å²) in [6, 6.07) is 0.616. The van der Waals surface area contributed by atoms with Gasteiger partial charge in [0.05, 0.1) is 0 Å². The normalized spacial score (nSPS) is 24.9. The van der Waals surface area contributed by atoms with Crippen LogP contribution in [-0.2, 0) is 0 Å². The maximum Gasteiger partial charge on any atom is 0.0219 e. The van der Waals surface area contributed by atoms with Gasteiger partial charge in [0.1, 0.15) is 0 Å². The van der Waals surface area contributed by atoms with Gasteiger partial charge in [-0.3, -0.25) is 9.80 Å². The van der Waals surface area contributed by atoms with E-state index in [1.807, 2.05) is 0 Å². The van der Waals surface area contributed by atoms with E-state index in [1.54, 1.807) is 0 Å². The Labute approximate surface area is 118 Å². The average Bonchev–Trinajstić information content (AvgIpc) is 2.96. The van der Waals surface area contributed by atoms with E-state index in [2.05, 4.69) is 21.6 Å². The fourth-order valence-corrected chi connectivity index (χ4v) is 3.42. The zero-order valence-electron chi connectivity index (χ0n) is 12.7. The molecule has 19 heavy (non-hydrogen) atoms. The molecular weight excluding hydrogens is 236 g/mol. The van der Waals surface area contributed by atoms with Gasteiger partial charge in [-0.25, -0.2) is 0 Å². The van der Waals surface area contributed by atoms with Gasteiger partial charge in [0.2, 0.25) is 0 Å². The maximum atomic E-state index is 5.90. The minimum Gasteiger partial charge on any atom is -0.329 e. The second-order valence-corrected chi connectivity index (χ2v) is 6.10. The molecular formula is C15H32N4. The van der Waals surface area contributed by atoms with Gasteiger partial charge in [0.15, 0.2) is 0 Å². The molecule has 112 valence electrons.